The normalized spacial score (nSPS) is 12.8. The second-order valence-corrected chi connectivity index (χ2v) is 8.81. The number of benzene rings is 2. The second kappa shape index (κ2) is 8.47. The van der Waals surface area contributed by atoms with Gasteiger partial charge in [-0.05, 0) is 49.9 Å². The zero-order valence-corrected chi connectivity index (χ0v) is 16.5. The molecule has 0 spiro atoms. The number of nitrogens with zero attached hydrogens (tertiary/aromatic N) is 1. The van der Waals surface area contributed by atoms with Crippen LogP contribution in [0.2, 0.25) is 0 Å². The van der Waals surface area contributed by atoms with E-state index in [1.54, 1.807) is 13.0 Å². The van der Waals surface area contributed by atoms with Crippen molar-refractivity contribution in [3.8, 4) is 0 Å². The Morgan fingerprint density at radius 3 is 2.38 bits per heavy atom. The Kier molecular flexibility index (Phi) is 6.56. The van der Waals surface area contributed by atoms with Crippen LogP contribution in [-0.2, 0) is 16.4 Å². The van der Waals surface area contributed by atoms with Gasteiger partial charge < -0.3 is 5.32 Å². The Morgan fingerprint density at radius 1 is 1.12 bits per heavy atom. The van der Waals surface area contributed by atoms with E-state index in [4.69, 9.17) is 0 Å². The fourth-order valence-electron chi connectivity index (χ4n) is 2.62. The number of nitrogens with one attached hydrogen (secondary N) is 1. The summed E-state index contributed by atoms with van der Waals surface area (Å²) < 4.78 is 25.7. The number of sulfonamides is 1. The monoisotopic (exact) mass is 374 g/mol. The maximum absolute atomic E-state index is 12.6. The molecule has 0 heterocycles. The van der Waals surface area contributed by atoms with Crippen molar-refractivity contribution in [2.75, 3.05) is 14.1 Å². The lowest BCUT2D eigenvalue weighted by molar-refractivity contribution is 0.0937. The van der Waals surface area contributed by atoms with Crippen LogP contribution in [0, 0.1) is 6.92 Å². The van der Waals surface area contributed by atoms with Gasteiger partial charge in [0, 0.05) is 25.7 Å². The first kappa shape index (κ1) is 20.1. The molecule has 0 fully saturated rings. The fraction of sp³-hybridized carbons (Fsp3) is 0.350. The third-order valence-electron chi connectivity index (χ3n) is 4.32. The summed E-state index contributed by atoms with van der Waals surface area (Å²) in [7, 11) is -0.625. The minimum atomic E-state index is -3.57. The van der Waals surface area contributed by atoms with Crippen molar-refractivity contribution in [2.24, 2.45) is 0 Å². The summed E-state index contributed by atoms with van der Waals surface area (Å²) in [6.07, 6.45) is 1.68. The minimum Gasteiger partial charge on any atom is -0.350 e. The second-order valence-electron chi connectivity index (χ2n) is 6.66. The van der Waals surface area contributed by atoms with E-state index in [1.165, 1.54) is 31.8 Å². The summed E-state index contributed by atoms with van der Waals surface area (Å²) in [6.45, 7) is 3.76. The zero-order valence-electron chi connectivity index (χ0n) is 15.7. The van der Waals surface area contributed by atoms with Gasteiger partial charge in [-0.15, -0.1) is 0 Å². The molecule has 1 N–H and O–H groups in total. The molecule has 2 rings (SSSR count). The molecule has 5 nitrogen and oxygen atoms in total. The zero-order chi connectivity index (χ0) is 19.3. The molecule has 0 saturated carbocycles. The topological polar surface area (TPSA) is 66.5 Å². The molecule has 0 unspecified atom stereocenters. The van der Waals surface area contributed by atoms with E-state index < -0.39 is 10.0 Å². The summed E-state index contributed by atoms with van der Waals surface area (Å²) in [5.41, 5.74) is 2.36. The third-order valence-corrected chi connectivity index (χ3v) is 6.13. The van der Waals surface area contributed by atoms with Gasteiger partial charge in [0.1, 0.15) is 0 Å². The van der Waals surface area contributed by atoms with Crippen molar-refractivity contribution < 1.29 is 13.2 Å². The van der Waals surface area contributed by atoms with Gasteiger partial charge in [0.05, 0.1) is 4.90 Å². The highest BCUT2D eigenvalue weighted by Gasteiger charge is 2.20. The lowest BCUT2D eigenvalue weighted by atomic mass is 10.0. The van der Waals surface area contributed by atoms with Crippen LogP contribution in [-0.4, -0.2) is 38.8 Å². The summed E-state index contributed by atoms with van der Waals surface area (Å²) in [5.74, 6) is -0.251. The van der Waals surface area contributed by atoms with Gasteiger partial charge in [0.25, 0.3) is 5.91 Å². The molecule has 0 radical (unpaired) electrons. The van der Waals surface area contributed by atoms with E-state index in [9.17, 15) is 13.2 Å². The van der Waals surface area contributed by atoms with E-state index in [0.29, 0.717) is 5.56 Å². The Bertz CT molecular complexity index is 862. The van der Waals surface area contributed by atoms with Crippen LogP contribution in [0.25, 0.3) is 0 Å². The maximum atomic E-state index is 12.6. The van der Waals surface area contributed by atoms with Crippen molar-refractivity contribution in [3.63, 3.8) is 0 Å². The van der Waals surface area contributed by atoms with E-state index >= 15 is 0 Å². The molecule has 0 aliphatic rings. The van der Waals surface area contributed by atoms with Gasteiger partial charge in [0.2, 0.25) is 10.0 Å². The Labute approximate surface area is 156 Å². The lowest BCUT2D eigenvalue weighted by Gasteiger charge is -2.17. The number of hydrogen-bond acceptors (Lipinski definition) is 3. The van der Waals surface area contributed by atoms with Crippen molar-refractivity contribution in [1.82, 2.24) is 9.62 Å². The highest BCUT2D eigenvalue weighted by atomic mass is 32.2. The maximum Gasteiger partial charge on any atom is 0.251 e. The minimum absolute atomic E-state index is 0.0174. The summed E-state index contributed by atoms with van der Waals surface area (Å²) in [4.78, 5) is 12.7. The summed E-state index contributed by atoms with van der Waals surface area (Å²) in [6, 6.07) is 14.7. The number of rotatable bonds is 7. The van der Waals surface area contributed by atoms with Crippen LogP contribution in [0.4, 0.5) is 0 Å². The molecule has 2 aromatic rings. The molecule has 1 amide bonds. The standard InChI is InChI=1S/C20H26N2O3S/c1-15-10-13-18(26(24,25)22(3)4)14-19(15)20(23)21-16(2)11-12-17-8-6-5-7-9-17/h5-10,13-14,16H,11-12H2,1-4H3,(H,21,23)/t16-/m0/s1. The molecule has 0 bridgehead atoms. The van der Waals surface area contributed by atoms with Crippen molar-refractivity contribution >= 4 is 15.9 Å². The van der Waals surface area contributed by atoms with Crippen LogP contribution in [0.5, 0.6) is 0 Å². The van der Waals surface area contributed by atoms with Gasteiger partial charge in [0.15, 0.2) is 0 Å². The molecular formula is C20H26N2O3S. The largest absolute Gasteiger partial charge is 0.350 e. The van der Waals surface area contributed by atoms with E-state index in [-0.39, 0.29) is 16.8 Å². The molecule has 140 valence electrons. The molecule has 1 atom stereocenters. The van der Waals surface area contributed by atoms with E-state index in [2.05, 4.69) is 17.4 Å². The van der Waals surface area contributed by atoms with E-state index in [0.717, 1.165) is 22.7 Å². The average molecular weight is 375 g/mol. The first-order valence-corrected chi connectivity index (χ1v) is 10.0. The van der Waals surface area contributed by atoms with Crippen LogP contribution in [0.3, 0.4) is 0 Å². The fourth-order valence-corrected chi connectivity index (χ4v) is 3.55. The summed E-state index contributed by atoms with van der Waals surface area (Å²) in [5, 5.41) is 2.97. The molecule has 0 aromatic heterocycles. The van der Waals surface area contributed by atoms with Crippen molar-refractivity contribution in [2.45, 2.75) is 37.6 Å². The first-order chi connectivity index (χ1) is 12.2. The number of hydrogen-bond donors (Lipinski definition) is 1. The first-order valence-electron chi connectivity index (χ1n) is 8.60. The van der Waals surface area contributed by atoms with Crippen LogP contribution in [0.1, 0.15) is 34.8 Å². The van der Waals surface area contributed by atoms with Crippen LogP contribution < -0.4 is 5.32 Å². The highest BCUT2D eigenvalue weighted by Crippen LogP contribution is 2.18. The van der Waals surface area contributed by atoms with Crippen LogP contribution in [0.15, 0.2) is 53.4 Å². The molecule has 6 heteroatoms. The van der Waals surface area contributed by atoms with Crippen LogP contribution >= 0.6 is 0 Å². The predicted octanol–water partition coefficient (Wildman–Crippen LogP) is 3.00. The molecule has 0 aliphatic carbocycles. The van der Waals surface area contributed by atoms with E-state index in [1.807, 2.05) is 25.1 Å². The number of aryl methyl sites for hydroxylation is 2. The van der Waals surface area contributed by atoms with Gasteiger partial charge in [-0.2, -0.15) is 0 Å². The Morgan fingerprint density at radius 2 is 1.77 bits per heavy atom. The van der Waals surface area contributed by atoms with Gasteiger partial charge >= 0.3 is 0 Å². The molecule has 0 saturated heterocycles. The average Bonchev–Trinajstić information content (AvgIpc) is 2.60. The quantitative estimate of drug-likeness (QED) is 0.810. The third kappa shape index (κ3) is 4.93. The molecular weight excluding hydrogens is 348 g/mol. The SMILES string of the molecule is Cc1ccc(S(=O)(=O)N(C)C)cc1C(=O)N[C@@H](C)CCc1ccccc1. The van der Waals surface area contributed by atoms with Crippen molar-refractivity contribution in [3.05, 3.63) is 65.2 Å². The summed E-state index contributed by atoms with van der Waals surface area (Å²) >= 11 is 0. The number of amides is 1. The number of carbonyl (C=O) groups is 1. The number of carbonyl (C=O) groups excluding carboxylic acids is 1. The van der Waals surface area contributed by atoms with Gasteiger partial charge in [-0.25, -0.2) is 12.7 Å². The van der Waals surface area contributed by atoms with Gasteiger partial charge in [-0.1, -0.05) is 36.4 Å². The highest BCUT2D eigenvalue weighted by molar-refractivity contribution is 7.89. The Balaban J connectivity index is 2.09. The molecule has 2 aromatic carbocycles. The molecule has 0 aliphatic heterocycles. The van der Waals surface area contributed by atoms with Gasteiger partial charge in [-0.3, -0.25) is 4.79 Å². The molecule has 26 heavy (non-hydrogen) atoms. The predicted molar refractivity (Wildman–Crippen MR) is 104 cm³/mol. The lowest BCUT2D eigenvalue weighted by Crippen LogP contribution is -2.33. The Hall–Kier alpha value is -2.18. The smallest absolute Gasteiger partial charge is 0.251 e. The van der Waals surface area contributed by atoms with Crippen molar-refractivity contribution in [1.29, 1.82) is 0 Å².